The third-order valence-corrected chi connectivity index (χ3v) is 5.04. The molecule has 11 heteroatoms. The number of hydrogen-bond acceptors (Lipinski definition) is 6. The van der Waals surface area contributed by atoms with Crippen molar-refractivity contribution in [2.45, 2.75) is 45.3 Å². The molecule has 1 aromatic carbocycles. The number of nitrogens with one attached hydrogen (secondary N) is 1. The van der Waals surface area contributed by atoms with E-state index in [2.05, 4.69) is 20.4 Å². The molecule has 0 fully saturated rings. The Morgan fingerprint density at radius 1 is 1.21 bits per heavy atom. The van der Waals surface area contributed by atoms with Crippen molar-refractivity contribution in [3.63, 3.8) is 0 Å². The molecule has 4 rings (SSSR count). The Kier molecular flexibility index (Phi) is 7.75. The molecule has 2 N–H and O–H groups in total. The van der Waals surface area contributed by atoms with Crippen LogP contribution >= 0.6 is 0 Å². The zero-order valence-electron chi connectivity index (χ0n) is 17.7. The van der Waals surface area contributed by atoms with Crippen LogP contribution in [-0.2, 0) is 30.6 Å². The monoisotopic (exact) mass is 466 g/mol. The first-order valence-corrected chi connectivity index (χ1v) is 10.2. The molecule has 0 atom stereocenters. The lowest BCUT2D eigenvalue weighted by atomic mass is 9.95. The minimum Gasteiger partial charge on any atom is -0.475 e. The number of rotatable bonds is 5. The van der Waals surface area contributed by atoms with Crippen LogP contribution in [0.5, 0.6) is 0 Å². The van der Waals surface area contributed by atoms with Crippen LogP contribution in [0.2, 0.25) is 0 Å². The summed E-state index contributed by atoms with van der Waals surface area (Å²) < 4.78 is 50.1. The van der Waals surface area contributed by atoms with Crippen molar-refractivity contribution in [1.82, 2.24) is 20.4 Å². The summed E-state index contributed by atoms with van der Waals surface area (Å²) in [6.07, 6.45) is 0.228. The molecule has 0 amide bonds. The molecular weight excluding hydrogens is 444 g/mol. The molecule has 0 bridgehead atoms. The number of carboxylic acid groups (broad SMARTS) is 1. The first-order valence-electron chi connectivity index (χ1n) is 10.2. The number of alkyl halides is 3. The minimum absolute atomic E-state index is 0.208. The largest absolute Gasteiger partial charge is 0.490 e. The average molecular weight is 466 g/mol. The Hall–Kier alpha value is -3.34. The van der Waals surface area contributed by atoms with Crippen molar-refractivity contribution < 1.29 is 32.0 Å². The Labute approximate surface area is 186 Å². The van der Waals surface area contributed by atoms with Gasteiger partial charge >= 0.3 is 12.1 Å². The number of aliphatic carboxylic acids is 1. The summed E-state index contributed by atoms with van der Waals surface area (Å²) in [4.78, 5) is 18.0. The Bertz CT molecular complexity index is 1100. The average Bonchev–Trinajstić information content (AvgIpc) is 3.23. The van der Waals surface area contributed by atoms with Gasteiger partial charge in [0.2, 0.25) is 11.7 Å². The van der Waals surface area contributed by atoms with E-state index in [1.165, 1.54) is 23.3 Å². The predicted octanol–water partition coefficient (Wildman–Crippen LogP) is 4.03. The number of nitrogens with zero attached hydrogens (tertiary/aromatic N) is 3. The topological polar surface area (TPSA) is 101 Å². The van der Waals surface area contributed by atoms with Gasteiger partial charge in [-0.1, -0.05) is 17.3 Å². The Morgan fingerprint density at radius 2 is 1.91 bits per heavy atom. The van der Waals surface area contributed by atoms with Gasteiger partial charge in [-0.3, -0.25) is 4.98 Å². The van der Waals surface area contributed by atoms with E-state index in [-0.39, 0.29) is 5.82 Å². The highest BCUT2D eigenvalue weighted by Gasteiger charge is 2.38. The second-order valence-electron chi connectivity index (χ2n) is 7.44. The molecule has 0 saturated carbocycles. The molecule has 3 heterocycles. The summed E-state index contributed by atoms with van der Waals surface area (Å²) in [7, 11) is 0. The van der Waals surface area contributed by atoms with E-state index in [0.29, 0.717) is 18.1 Å². The van der Waals surface area contributed by atoms with E-state index < -0.39 is 12.1 Å². The van der Waals surface area contributed by atoms with Gasteiger partial charge in [-0.05, 0) is 61.6 Å². The Balaban J connectivity index is 0.000000383. The number of halogens is 4. The standard InChI is InChI=1S/C20H21FN4O.C2HF3O2/c1-13-19(17-9-10-22-11-15(17)12-23-13)20-24-18(26-25-20)4-2-3-14-5-7-16(21)8-6-14;3-2(4,5)1(6)7/h5-8,12,22H,2-4,9-11H2,1H3;(H,6,7). The highest BCUT2D eigenvalue weighted by Crippen LogP contribution is 2.28. The second-order valence-corrected chi connectivity index (χ2v) is 7.44. The molecule has 7 nitrogen and oxygen atoms in total. The van der Waals surface area contributed by atoms with Crippen LogP contribution in [0.4, 0.5) is 17.6 Å². The third kappa shape index (κ3) is 6.58. The third-order valence-electron chi connectivity index (χ3n) is 5.04. The maximum atomic E-state index is 12.9. The van der Waals surface area contributed by atoms with Gasteiger partial charge in [0.15, 0.2) is 0 Å². The van der Waals surface area contributed by atoms with Gasteiger partial charge in [-0.25, -0.2) is 9.18 Å². The zero-order chi connectivity index (χ0) is 24.0. The number of aromatic nitrogens is 3. The molecular formula is C22H22F4N4O3. The molecule has 3 aromatic rings. The molecule has 0 aliphatic carbocycles. The van der Waals surface area contributed by atoms with Gasteiger partial charge in [0.1, 0.15) is 5.82 Å². The first-order chi connectivity index (χ1) is 15.6. The van der Waals surface area contributed by atoms with Gasteiger partial charge in [-0.2, -0.15) is 18.2 Å². The lowest BCUT2D eigenvalue weighted by molar-refractivity contribution is -0.192. The van der Waals surface area contributed by atoms with E-state index in [4.69, 9.17) is 14.4 Å². The highest BCUT2D eigenvalue weighted by atomic mass is 19.4. The molecule has 1 aliphatic heterocycles. The smallest absolute Gasteiger partial charge is 0.475 e. The van der Waals surface area contributed by atoms with Crippen LogP contribution in [0.25, 0.3) is 11.4 Å². The van der Waals surface area contributed by atoms with E-state index in [1.54, 1.807) is 0 Å². The fraction of sp³-hybridized carbons (Fsp3) is 0.364. The van der Waals surface area contributed by atoms with Crippen molar-refractivity contribution in [2.75, 3.05) is 6.54 Å². The van der Waals surface area contributed by atoms with Crippen molar-refractivity contribution in [2.24, 2.45) is 0 Å². The molecule has 0 unspecified atom stereocenters. The van der Waals surface area contributed by atoms with Crippen molar-refractivity contribution in [1.29, 1.82) is 0 Å². The molecule has 0 saturated heterocycles. The summed E-state index contributed by atoms with van der Waals surface area (Å²) in [6, 6.07) is 6.61. The number of pyridine rings is 1. The van der Waals surface area contributed by atoms with Crippen molar-refractivity contribution >= 4 is 5.97 Å². The van der Waals surface area contributed by atoms with Crippen LogP contribution in [-0.4, -0.2) is 38.9 Å². The van der Waals surface area contributed by atoms with Crippen molar-refractivity contribution in [3.8, 4) is 11.4 Å². The summed E-state index contributed by atoms with van der Waals surface area (Å²) in [5.41, 5.74) is 5.53. The molecule has 33 heavy (non-hydrogen) atoms. The lowest BCUT2D eigenvalue weighted by Gasteiger charge is -2.19. The summed E-state index contributed by atoms with van der Waals surface area (Å²) in [5.74, 6) is -1.70. The van der Waals surface area contributed by atoms with Crippen LogP contribution in [0, 0.1) is 12.7 Å². The molecule has 0 spiro atoms. The number of aryl methyl sites for hydroxylation is 3. The first kappa shape index (κ1) is 24.3. The summed E-state index contributed by atoms with van der Waals surface area (Å²) in [6.45, 7) is 3.77. The van der Waals surface area contributed by atoms with Gasteiger partial charge in [0, 0.05) is 30.4 Å². The summed E-state index contributed by atoms with van der Waals surface area (Å²) in [5, 5.41) is 14.7. The van der Waals surface area contributed by atoms with Gasteiger partial charge in [0.05, 0.1) is 0 Å². The van der Waals surface area contributed by atoms with Gasteiger partial charge in [-0.15, -0.1) is 0 Å². The maximum Gasteiger partial charge on any atom is 0.490 e. The predicted molar refractivity (Wildman–Crippen MR) is 110 cm³/mol. The SMILES string of the molecule is Cc1ncc2c(c1-c1noc(CCCc3ccc(F)cc3)n1)CCNC2.O=C(O)C(F)(F)F. The second kappa shape index (κ2) is 10.5. The fourth-order valence-electron chi connectivity index (χ4n) is 3.42. The van der Waals surface area contributed by atoms with E-state index in [1.807, 2.05) is 25.3 Å². The zero-order valence-corrected chi connectivity index (χ0v) is 17.7. The van der Waals surface area contributed by atoms with E-state index >= 15 is 0 Å². The molecule has 2 aromatic heterocycles. The van der Waals surface area contributed by atoms with E-state index in [0.717, 1.165) is 49.2 Å². The minimum atomic E-state index is -5.08. The molecule has 176 valence electrons. The number of carboxylic acids is 1. The van der Waals surface area contributed by atoms with Crippen LogP contribution in [0.1, 0.15) is 34.7 Å². The lowest BCUT2D eigenvalue weighted by Crippen LogP contribution is -2.24. The van der Waals surface area contributed by atoms with E-state index in [9.17, 15) is 17.6 Å². The van der Waals surface area contributed by atoms with Crippen LogP contribution in [0.3, 0.4) is 0 Å². The van der Waals surface area contributed by atoms with Crippen molar-refractivity contribution in [3.05, 3.63) is 64.6 Å². The van der Waals surface area contributed by atoms with Crippen LogP contribution in [0.15, 0.2) is 35.0 Å². The quantitative estimate of drug-likeness (QED) is 0.548. The normalized spacial score (nSPS) is 13.1. The number of carbonyl (C=O) groups is 1. The Morgan fingerprint density at radius 3 is 2.58 bits per heavy atom. The highest BCUT2D eigenvalue weighted by molar-refractivity contribution is 5.73. The molecule has 0 radical (unpaired) electrons. The number of fused-ring (bicyclic) bond motifs is 1. The fourth-order valence-corrected chi connectivity index (χ4v) is 3.42. The maximum absolute atomic E-state index is 12.9. The number of hydrogen-bond donors (Lipinski definition) is 2. The number of benzene rings is 1. The summed E-state index contributed by atoms with van der Waals surface area (Å²) >= 11 is 0. The van der Waals surface area contributed by atoms with Gasteiger partial charge < -0.3 is 14.9 Å². The van der Waals surface area contributed by atoms with Crippen LogP contribution < -0.4 is 5.32 Å². The molecule has 1 aliphatic rings. The van der Waals surface area contributed by atoms with Gasteiger partial charge in [0.25, 0.3) is 0 Å².